The molecule has 0 radical (unpaired) electrons. The summed E-state index contributed by atoms with van der Waals surface area (Å²) in [7, 11) is 0. The second-order valence-electron chi connectivity index (χ2n) is 15.3. The van der Waals surface area contributed by atoms with Crippen molar-refractivity contribution in [1.82, 2.24) is 0 Å². The van der Waals surface area contributed by atoms with E-state index in [4.69, 9.17) is 28.1 Å². The summed E-state index contributed by atoms with van der Waals surface area (Å²) in [6.45, 7) is 11.3. The lowest BCUT2D eigenvalue weighted by Gasteiger charge is -2.66. The molecule has 1 aromatic carbocycles. The van der Waals surface area contributed by atoms with E-state index in [0.717, 1.165) is 22.3 Å². The first kappa shape index (κ1) is 33.8. The van der Waals surface area contributed by atoms with Gasteiger partial charge in [-0.05, 0) is 48.1 Å². The predicted molar refractivity (Wildman–Crippen MR) is 176 cm³/mol. The van der Waals surface area contributed by atoms with Gasteiger partial charge in [0.2, 0.25) is 0 Å². The lowest BCUT2D eigenvalue weighted by Crippen LogP contribution is -2.72. The Bertz CT molecular complexity index is 1660. The number of aliphatic hydroxyl groups excluding tert-OH is 1. The average Bonchev–Trinajstić information content (AvgIpc) is 3.76. The highest BCUT2D eigenvalue weighted by molar-refractivity contribution is 5.87. The highest BCUT2D eigenvalue weighted by atomic mass is 16.6. The molecule has 1 N–H and O–H groups in total. The van der Waals surface area contributed by atoms with Gasteiger partial charge in [-0.1, -0.05) is 56.7 Å². The van der Waals surface area contributed by atoms with Gasteiger partial charge in [0.05, 0.1) is 31.3 Å². The molecule has 7 rings (SSSR count). The first-order chi connectivity index (χ1) is 23.3. The molecule has 4 fully saturated rings. The molecule has 1 aromatic heterocycles. The monoisotopic (exact) mass is 674 g/mol. The molecule has 2 aliphatic heterocycles. The predicted octanol–water partition coefficient (Wildman–Crippen LogP) is 5.75. The summed E-state index contributed by atoms with van der Waals surface area (Å²) in [5, 5.41) is 11.6. The second-order valence-corrected chi connectivity index (χ2v) is 15.3. The van der Waals surface area contributed by atoms with Crippen LogP contribution in [0.3, 0.4) is 0 Å². The summed E-state index contributed by atoms with van der Waals surface area (Å²) < 4.78 is 37.5. The van der Waals surface area contributed by atoms with Gasteiger partial charge in [0.15, 0.2) is 6.29 Å². The van der Waals surface area contributed by atoms with E-state index in [2.05, 4.69) is 20.8 Å². The van der Waals surface area contributed by atoms with Crippen LogP contribution in [0.5, 0.6) is 0 Å². The molecule has 0 amide bonds. The van der Waals surface area contributed by atoms with Crippen LogP contribution in [0.25, 0.3) is 6.08 Å². The van der Waals surface area contributed by atoms with Crippen molar-refractivity contribution >= 4 is 24.0 Å². The topological polar surface area (TPSA) is 131 Å². The van der Waals surface area contributed by atoms with Crippen molar-refractivity contribution in [3.05, 3.63) is 77.3 Å². The number of carbonyl (C=O) groups is 3. The molecular formula is C39H46O10. The summed E-state index contributed by atoms with van der Waals surface area (Å²) in [5.41, 5.74) is 1.45. The molecule has 2 aromatic rings. The Morgan fingerprint density at radius 3 is 2.33 bits per heavy atom. The fourth-order valence-electron chi connectivity index (χ4n) is 10.8. The number of allylic oxidation sites excluding steroid dienone is 1. The zero-order valence-electron chi connectivity index (χ0n) is 28.9. The van der Waals surface area contributed by atoms with Gasteiger partial charge in [-0.15, -0.1) is 0 Å². The summed E-state index contributed by atoms with van der Waals surface area (Å²) in [5.74, 6) is -2.25. The summed E-state index contributed by atoms with van der Waals surface area (Å²) in [4.78, 5) is 39.1. The lowest BCUT2D eigenvalue weighted by molar-refractivity contribution is -0.261. The minimum absolute atomic E-state index is 0.0416. The van der Waals surface area contributed by atoms with Gasteiger partial charge in [-0.3, -0.25) is 9.59 Å². The van der Waals surface area contributed by atoms with Crippen LogP contribution in [0.4, 0.5) is 0 Å². The molecule has 5 aliphatic rings. The maximum atomic E-state index is 13.9. The van der Waals surface area contributed by atoms with Crippen LogP contribution in [0.1, 0.15) is 77.8 Å². The largest absolute Gasteiger partial charge is 0.472 e. The van der Waals surface area contributed by atoms with Gasteiger partial charge in [-0.2, -0.15) is 0 Å². The summed E-state index contributed by atoms with van der Waals surface area (Å²) in [6.07, 6.45) is 3.23. The molecule has 3 heterocycles. The van der Waals surface area contributed by atoms with E-state index >= 15 is 0 Å². The number of hydrogen-bond acceptors (Lipinski definition) is 10. The van der Waals surface area contributed by atoms with Gasteiger partial charge >= 0.3 is 17.9 Å². The first-order valence-corrected chi connectivity index (χ1v) is 17.2. The Kier molecular flexibility index (Phi) is 8.44. The third-order valence-corrected chi connectivity index (χ3v) is 12.6. The Hall–Kier alpha value is -3.73. The Labute approximate surface area is 286 Å². The van der Waals surface area contributed by atoms with E-state index in [1.807, 2.05) is 43.3 Å². The molecule has 12 atom stereocenters. The molecule has 49 heavy (non-hydrogen) atoms. The van der Waals surface area contributed by atoms with Gasteiger partial charge in [0.1, 0.15) is 18.3 Å². The number of esters is 3. The SMILES string of the molecule is CC(=O)O[C@H]1C[C@H](OC(C)=O)[C@]2(C)[C@@H]3[C@@H](OC[C@@]13C)[C@@H](OC(=O)C=Cc1ccccc1)[C@@]1(C)C3=C(C)[C@@H](c4ccoc4)C[C@@H]3O[C@H](O)C[C@@H]12. The molecule has 10 heteroatoms. The second kappa shape index (κ2) is 12.2. The van der Waals surface area contributed by atoms with Crippen molar-refractivity contribution < 1.29 is 47.6 Å². The minimum Gasteiger partial charge on any atom is -0.472 e. The molecule has 0 unspecified atom stereocenters. The highest BCUT2D eigenvalue weighted by Gasteiger charge is 2.77. The number of ether oxygens (including phenoxy) is 5. The first-order valence-electron chi connectivity index (χ1n) is 17.2. The maximum Gasteiger partial charge on any atom is 0.331 e. The maximum absolute atomic E-state index is 13.9. The highest BCUT2D eigenvalue weighted by Crippen LogP contribution is 2.72. The number of fused-ring (bicyclic) bond motifs is 4. The quantitative estimate of drug-likeness (QED) is 0.175. The molecular weight excluding hydrogens is 628 g/mol. The molecule has 10 nitrogen and oxygen atoms in total. The molecule has 0 spiro atoms. The molecule has 2 saturated carbocycles. The average molecular weight is 675 g/mol. The van der Waals surface area contributed by atoms with Crippen molar-refractivity contribution in [3.63, 3.8) is 0 Å². The van der Waals surface area contributed by atoms with Gasteiger partial charge in [0.25, 0.3) is 0 Å². The van der Waals surface area contributed by atoms with Crippen LogP contribution in [-0.2, 0) is 38.1 Å². The number of carbonyl (C=O) groups excluding carboxylic acids is 3. The Balaban J connectivity index is 1.42. The summed E-state index contributed by atoms with van der Waals surface area (Å²) >= 11 is 0. The van der Waals surface area contributed by atoms with E-state index in [9.17, 15) is 19.5 Å². The smallest absolute Gasteiger partial charge is 0.331 e. The van der Waals surface area contributed by atoms with Crippen LogP contribution in [0.15, 0.2) is 70.6 Å². The number of rotatable bonds is 6. The van der Waals surface area contributed by atoms with Crippen molar-refractivity contribution in [2.75, 3.05) is 6.61 Å². The number of hydrogen-bond donors (Lipinski definition) is 1. The van der Waals surface area contributed by atoms with Crippen LogP contribution in [0, 0.1) is 28.1 Å². The lowest BCUT2D eigenvalue weighted by atomic mass is 9.39. The standard InChI is InChI=1S/C39H46O10/c1-21-26(25-14-15-44-19-25)16-27-33(21)39(6)28(17-32(43)48-27)38(5)30(47-23(3)41)18-29(46-22(2)40)37(4)20-45-34(35(37)38)36(39)49-31(42)13-12-24-10-8-7-9-11-24/h7-15,19,26-30,32,34-36,43H,16-18,20H2,1-6H3/t26-,27-,28+,29-,30-,32-,34+,35+,36+,37-,38+,39+/m0/s1. The van der Waals surface area contributed by atoms with Gasteiger partial charge in [-0.25, -0.2) is 4.79 Å². The van der Waals surface area contributed by atoms with E-state index in [0.29, 0.717) is 6.42 Å². The van der Waals surface area contributed by atoms with Gasteiger partial charge in [0, 0.05) is 60.8 Å². The van der Waals surface area contributed by atoms with Gasteiger partial charge < -0.3 is 33.2 Å². The Morgan fingerprint density at radius 2 is 1.65 bits per heavy atom. The van der Waals surface area contributed by atoms with E-state index < -0.39 is 76.9 Å². The molecule has 262 valence electrons. The number of aliphatic hydroxyl groups is 1. The molecule has 3 aliphatic carbocycles. The third kappa shape index (κ3) is 5.29. The minimum atomic E-state index is -1.14. The van der Waals surface area contributed by atoms with Crippen molar-refractivity contribution in [2.24, 2.45) is 28.1 Å². The van der Waals surface area contributed by atoms with E-state index in [1.165, 1.54) is 19.9 Å². The third-order valence-electron chi connectivity index (χ3n) is 12.6. The van der Waals surface area contributed by atoms with Crippen molar-refractivity contribution in [3.8, 4) is 0 Å². The zero-order chi connectivity index (χ0) is 34.9. The fraction of sp³-hybridized carbons (Fsp3) is 0.564. The summed E-state index contributed by atoms with van der Waals surface area (Å²) in [6, 6.07) is 11.5. The van der Waals surface area contributed by atoms with E-state index in [-0.39, 0.29) is 31.3 Å². The zero-order valence-corrected chi connectivity index (χ0v) is 28.9. The fourth-order valence-corrected chi connectivity index (χ4v) is 10.8. The normalized spacial score (nSPS) is 41.0. The van der Waals surface area contributed by atoms with Crippen LogP contribution < -0.4 is 0 Å². The van der Waals surface area contributed by atoms with Crippen LogP contribution in [-0.4, -0.2) is 66.4 Å². The van der Waals surface area contributed by atoms with Crippen LogP contribution in [0.2, 0.25) is 0 Å². The van der Waals surface area contributed by atoms with Crippen molar-refractivity contribution in [1.29, 1.82) is 0 Å². The molecule has 2 saturated heterocycles. The Morgan fingerprint density at radius 1 is 0.939 bits per heavy atom. The number of furan rings is 1. The van der Waals surface area contributed by atoms with E-state index in [1.54, 1.807) is 18.6 Å². The number of benzene rings is 1. The molecule has 0 bridgehead atoms. The van der Waals surface area contributed by atoms with Crippen LogP contribution >= 0.6 is 0 Å². The van der Waals surface area contributed by atoms with Crippen molar-refractivity contribution in [2.45, 2.75) is 104 Å².